The molecule has 1 heterocycles. The molecular weight excluding hydrogens is 322 g/mol. The first kappa shape index (κ1) is 16.8. The number of hydrogen-bond donors (Lipinski definition) is 1. The topological polar surface area (TPSA) is 76.1 Å². The summed E-state index contributed by atoms with van der Waals surface area (Å²) in [5, 5.41) is 8.70. The van der Waals surface area contributed by atoms with Gasteiger partial charge in [0.05, 0.1) is 12.2 Å². The molecule has 0 aliphatic carbocycles. The number of nitrogens with zero attached hydrogens (tertiary/aromatic N) is 1. The van der Waals surface area contributed by atoms with Crippen LogP contribution in [0.4, 0.5) is 5.69 Å². The highest BCUT2D eigenvalue weighted by atomic mass is 16.5. The van der Waals surface area contributed by atoms with E-state index in [-0.39, 0.29) is 12.0 Å². The van der Waals surface area contributed by atoms with Gasteiger partial charge >= 0.3 is 5.97 Å². The molecule has 130 valence electrons. The molecule has 0 aromatic heterocycles. The minimum Gasteiger partial charge on any atom is -0.487 e. The fraction of sp³-hybridized carbons (Fsp3) is 0.263. The van der Waals surface area contributed by atoms with Crippen molar-refractivity contribution in [1.29, 1.82) is 0 Å². The first-order valence-corrected chi connectivity index (χ1v) is 7.98. The van der Waals surface area contributed by atoms with Gasteiger partial charge in [0, 0.05) is 5.56 Å². The number of aliphatic carboxylic acids is 1. The third kappa shape index (κ3) is 3.74. The van der Waals surface area contributed by atoms with Gasteiger partial charge in [-0.2, -0.15) is 0 Å². The summed E-state index contributed by atoms with van der Waals surface area (Å²) >= 11 is 0. The third-order valence-corrected chi connectivity index (χ3v) is 3.86. The fourth-order valence-corrected chi connectivity index (χ4v) is 2.76. The zero-order chi connectivity index (χ0) is 18.0. The van der Waals surface area contributed by atoms with Crippen LogP contribution in [0.15, 0.2) is 42.5 Å². The molecule has 1 atom stereocenters. The van der Waals surface area contributed by atoms with Crippen molar-refractivity contribution in [3.8, 4) is 11.5 Å². The van der Waals surface area contributed by atoms with Crippen LogP contribution >= 0.6 is 0 Å². The largest absolute Gasteiger partial charge is 0.487 e. The van der Waals surface area contributed by atoms with E-state index in [0.717, 1.165) is 11.3 Å². The van der Waals surface area contributed by atoms with E-state index >= 15 is 0 Å². The second-order valence-electron chi connectivity index (χ2n) is 6.03. The van der Waals surface area contributed by atoms with E-state index in [2.05, 4.69) is 0 Å². The average molecular weight is 341 g/mol. The van der Waals surface area contributed by atoms with Gasteiger partial charge in [-0.05, 0) is 49.7 Å². The number of benzene rings is 2. The van der Waals surface area contributed by atoms with E-state index < -0.39 is 12.6 Å². The number of hydrogen-bond acceptors (Lipinski definition) is 4. The number of carboxylic acids is 1. The van der Waals surface area contributed by atoms with Gasteiger partial charge in [-0.3, -0.25) is 4.79 Å². The molecule has 0 spiro atoms. The molecule has 25 heavy (non-hydrogen) atoms. The first-order chi connectivity index (χ1) is 11.9. The van der Waals surface area contributed by atoms with Crippen LogP contribution in [0.2, 0.25) is 0 Å². The summed E-state index contributed by atoms with van der Waals surface area (Å²) in [6, 6.07) is 12.3. The van der Waals surface area contributed by atoms with Gasteiger partial charge in [-0.25, -0.2) is 4.79 Å². The van der Waals surface area contributed by atoms with Crippen LogP contribution < -0.4 is 14.4 Å². The van der Waals surface area contributed by atoms with Crippen molar-refractivity contribution < 1.29 is 24.2 Å². The number of anilines is 1. The van der Waals surface area contributed by atoms with Gasteiger partial charge in [0.1, 0.15) is 17.6 Å². The molecule has 1 amide bonds. The molecule has 1 N–H and O–H groups in total. The van der Waals surface area contributed by atoms with Crippen LogP contribution in [-0.4, -0.2) is 36.2 Å². The van der Waals surface area contributed by atoms with Gasteiger partial charge in [0.25, 0.3) is 5.91 Å². The number of carboxylic acid groups (broad SMARTS) is 1. The van der Waals surface area contributed by atoms with Crippen LogP contribution in [0.1, 0.15) is 22.8 Å². The van der Waals surface area contributed by atoms with Crippen molar-refractivity contribution in [2.45, 2.75) is 20.0 Å². The zero-order valence-electron chi connectivity index (χ0n) is 14.1. The second-order valence-corrected chi connectivity index (χ2v) is 6.03. The number of amides is 1. The number of carbonyl (C=O) groups is 2. The minimum absolute atomic E-state index is 0.121. The predicted octanol–water partition coefficient (Wildman–Crippen LogP) is 2.89. The second kappa shape index (κ2) is 6.84. The molecule has 0 saturated heterocycles. The summed E-state index contributed by atoms with van der Waals surface area (Å²) in [6.07, 6.45) is -0.121. The number of aryl methyl sites for hydroxylation is 1. The summed E-state index contributed by atoms with van der Waals surface area (Å²) in [5.74, 6) is -0.215. The molecular formula is C19H19NO5. The van der Waals surface area contributed by atoms with E-state index in [0.29, 0.717) is 23.6 Å². The fourth-order valence-electron chi connectivity index (χ4n) is 2.76. The monoisotopic (exact) mass is 341 g/mol. The lowest BCUT2D eigenvalue weighted by Gasteiger charge is -2.33. The zero-order valence-corrected chi connectivity index (χ0v) is 14.1. The SMILES string of the molecule is Cc1ccc2c(c1)OC(C)CN2C(=O)c1cccc(OCC(=O)O)c1. The van der Waals surface area contributed by atoms with Crippen molar-refractivity contribution in [2.75, 3.05) is 18.1 Å². The van der Waals surface area contributed by atoms with Gasteiger partial charge in [-0.15, -0.1) is 0 Å². The van der Waals surface area contributed by atoms with Gasteiger partial charge in [0.15, 0.2) is 6.61 Å². The lowest BCUT2D eigenvalue weighted by Crippen LogP contribution is -2.42. The molecule has 1 aliphatic heterocycles. The molecule has 6 nitrogen and oxygen atoms in total. The van der Waals surface area contributed by atoms with Crippen LogP contribution in [0.5, 0.6) is 11.5 Å². The van der Waals surface area contributed by atoms with E-state index in [1.807, 2.05) is 32.0 Å². The molecule has 1 aliphatic rings. The molecule has 6 heteroatoms. The Labute approximate surface area is 145 Å². The highest BCUT2D eigenvalue weighted by molar-refractivity contribution is 6.07. The van der Waals surface area contributed by atoms with Crippen molar-refractivity contribution in [3.63, 3.8) is 0 Å². The van der Waals surface area contributed by atoms with Crippen molar-refractivity contribution in [1.82, 2.24) is 0 Å². The van der Waals surface area contributed by atoms with Crippen molar-refractivity contribution >= 4 is 17.6 Å². The Morgan fingerprint density at radius 1 is 1.28 bits per heavy atom. The summed E-state index contributed by atoms with van der Waals surface area (Å²) < 4.78 is 11.0. The third-order valence-electron chi connectivity index (χ3n) is 3.86. The van der Waals surface area contributed by atoms with Crippen molar-refractivity contribution in [2.24, 2.45) is 0 Å². The minimum atomic E-state index is -1.07. The Bertz CT molecular complexity index is 817. The molecule has 2 aromatic carbocycles. The van der Waals surface area contributed by atoms with Gasteiger partial charge < -0.3 is 19.5 Å². The molecule has 0 bridgehead atoms. The summed E-state index contributed by atoms with van der Waals surface area (Å²) in [7, 11) is 0. The highest BCUT2D eigenvalue weighted by Crippen LogP contribution is 2.35. The standard InChI is InChI=1S/C19H19NO5/c1-12-6-7-16-17(8-12)25-13(2)10-20(16)19(23)14-4-3-5-15(9-14)24-11-18(21)22/h3-9,13H,10-11H2,1-2H3,(H,21,22). The molecule has 2 aromatic rings. The van der Waals surface area contributed by atoms with E-state index in [1.54, 1.807) is 29.2 Å². The lowest BCUT2D eigenvalue weighted by atomic mass is 10.1. The average Bonchev–Trinajstić information content (AvgIpc) is 2.58. The Morgan fingerprint density at radius 3 is 2.84 bits per heavy atom. The Hall–Kier alpha value is -3.02. The molecule has 0 radical (unpaired) electrons. The van der Waals surface area contributed by atoms with Crippen LogP contribution in [-0.2, 0) is 4.79 Å². The van der Waals surface area contributed by atoms with Crippen LogP contribution in [0.25, 0.3) is 0 Å². The Morgan fingerprint density at radius 2 is 2.08 bits per heavy atom. The van der Waals surface area contributed by atoms with Crippen LogP contribution in [0, 0.1) is 6.92 Å². The Balaban J connectivity index is 1.88. The van der Waals surface area contributed by atoms with Gasteiger partial charge in [0.2, 0.25) is 0 Å². The first-order valence-electron chi connectivity index (χ1n) is 7.98. The van der Waals surface area contributed by atoms with Crippen LogP contribution in [0.3, 0.4) is 0 Å². The maximum atomic E-state index is 13.0. The Kier molecular flexibility index (Phi) is 4.61. The normalized spacial score (nSPS) is 15.9. The number of carbonyl (C=O) groups excluding carboxylic acids is 1. The molecule has 0 fully saturated rings. The summed E-state index contributed by atoms with van der Waals surface area (Å²) in [4.78, 5) is 25.3. The number of ether oxygens (including phenoxy) is 2. The summed E-state index contributed by atoms with van der Waals surface area (Å²) in [5.41, 5.74) is 2.22. The van der Waals surface area contributed by atoms with E-state index in [9.17, 15) is 9.59 Å². The smallest absolute Gasteiger partial charge is 0.341 e. The molecule has 1 unspecified atom stereocenters. The molecule has 3 rings (SSSR count). The van der Waals surface area contributed by atoms with Gasteiger partial charge in [-0.1, -0.05) is 12.1 Å². The predicted molar refractivity (Wildman–Crippen MR) is 92.5 cm³/mol. The number of rotatable bonds is 4. The summed E-state index contributed by atoms with van der Waals surface area (Å²) in [6.45, 7) is 3.87. The van der Waals surface area contributed by atoms with E-state index in [4.69, 9.17) is 14.6 Å². The lowest BCUT2D eigenvalue weighted by molar-refractivity contribution is -0.139. The number of fused-ring (bicyclic) bond motifs is 1. The highest BCUT2D eigenvalue weighted by Gasteiger charge is 2.28. The maximum Gasteiger partial charge on any atom is 0.341 e. The quantitative estimate of drug-likeness (QED) is 0.925. The maximum absolute atomic E-state index is 13.0. The molecule has 0 saturated carbocycles. The van der Waals surface area contributed by atoms with E-state index in [1.165, 1.54) is 0 Å². The van der Waals surface area contributed by atoms with Crippen molar-refractivity contribution in [3.05, 3.63) is 53.6 Å².